The predicted octanol–water partition coefficient (Wildman–Crippen LogP) is 6.75. The highest BCUT2D eigenvalue weighted by atomic mass is 16.5. The molecule has 5 nitrogen and oxygen atoms in total. The van der Waals surface area contributed by atoms with E-state index in [-0.39, 0.29) is 11.9 Å². The average Bonchev–Trinajstić information content (AvgIpc) is 3.05. The first-order valence-corrected chi connectivity index (χ1v) is 11.9. The van der Waals surface area contributed by atoms with Crippen molar-refractivity contribution >= 4 is 22.4 Å². The maximum absolute atomic E-state index is 12.8. The molecule has 0 unspecified atom stereocenters. The molecule has 33 heavy (non-hydrogen) atoms. The second kappa shape index (κ2) is 10.6. The smallest absolute Gasteiger partial charge is 0.244 e. The zero-order valence-corrected chi connectivity index (χ0v) is 19.8. The number of rotatable bonds is 7. The molecule has 1 heterocycles. The van der Waals surface area contributed by atoms with Crippen LogP contribution in [0.25, 0.3) is 27.7 Å². The second-order valence-electron chi connectivity index (χ2n) is 8.65. The van der Waals surface area contributed by atoms with E-state index in [1.54, 1.807) is 19.4 Å². The predicted molar refractivity (Wildman–Crippen MR) is 133 cm³/mol. The summed E-state index contributed by atoms with van der Waals surface area (Å²) in [6.07, 6.45) is 10.5. The number of allylic oxidation sites excluding steroid dienone is 1. The molecule has 0 radical (unpaired) electrons. The van der Waals surface area contributed by atoms with Crippen LogP contribution in [0.15, 0.2) is 53.2 Å². The van der Waals surface area contributed by atoms with E-state index in [0.717, 1.165) is 51.8 Å². The first-order valence-electron chi connectivity index (χ1n) is 11.9. The summed E-state index contributed by atoms with van der Waals surface area (Å²) >= 11 is 0. The summed E-state index contributed by atoms with van der Waals surface area (Å²) in [7, 11) is 1.67. The van der Waals surface area contributed by atoms with E-state index < -0.39 is 0 Å². The van der Waals surface area contributed by atoms with E-state index in [9.17, 15) is 4.79 Å². The molecule has 1 fully saturated rings. The Balaban J connectivity index is 1.69. The summed E-state index contributed by atoms with van der Waals surface area (Å²) < 4.78 is 17.4. The molecule has 0 saturated heterocycles. The quantitative estimate of drug-likeness (QED) is 0.321. The molecular formula is C28H33NO4. The summed E-state index contributed by atoms with van der Waals surface area (Å²) in [5.41, 5.74) is 4.39. The molecule has 0 atom stereocenters. The minimum Gasteiger partial charge on any atom is -0.496 e. The van der Waals surface area contributed by atoms with Crippen LogP contribution in [0.1, 0.15) is 57.9 Å². The number of hydrogen-bond donors (Lipinski definition) is 1. The van der Waals surface area contributed by atoms with Gasteiger partial charge >= 0.3 is 0 Å². The highest BCUT2D eigenvalue weighted by molar-refractivity contribution is 6.01. The van der Waals surface area contributed by atoms with Crippen molar-refractivity contribution in [2.75, 3.05) is 13.7 Å². The summed E-state index contributed by atoms with van der Waals surface area (Å²) in [6, 6.07) is 12.1. The monoisotopic (exact) mass is 447 g/mol. The van der Waals surface area contributed by atoms with Gasteiger partial charge in [0.15, 0.2) is 0 Å². The lowest BCUT2D eigenvalue weighted by molar-refractivity contribution is -0.117. The van der Waals surface area contributed by atoms with E-state index in [1.807, 2.05) is 44.2 Å². The molecule has 1 N–H and O–H groups in total. The Morgan fingerprint density at radius 2 is 1.85 bits per heavy atom. The number of para-hydroxylation sites is 1. The van der Waals surface area contributed by atoms with E-state index in [4.69, 9.17) is 13.9 Å². The Labute approximate surface area is 195 Å². The zero-order chi connectivity index (χ0) is 23.2. The third kappa shape index (κ3) is 5.24. The molecule has 174 valence electrons. The lowest BCUT2D eigenvalue weighted by Crippen LogP contribution is -2.33. The molecule has 3 aromatic rings. The first-order chi connectivity index (χ1) is 16.1. The van der Waals surface area contributed by atoms with Gasteiger partial charge in [-0.2, -0.15) is 0 Å². The number of benzene rings is 2. The number of carbonyl (C=O) groups excluding carboxylic acids is 1. The van der Waals surface area contributed by atoms with Crippen LogP contribution in [-0.2, 0) is 4.79 Å². The van der Waals surface area contributed by atoms with Crippen LogP contribution < -0.4 is 14.8 Å². The van der Waals surface area contributed by atoms with Gasteiger partial charge in [-0.1, -0.05) is 43.9 Å². The molecule has 1 aliphatic rings. The summed E-state index contributed by atoms with van der Waals surface area (Å²) in [6.45, 7) is 4.44. The fraction of sp³-hybridized carbons (Fsp3) is 0.393. The Kier molecular flexibility index (Phi) is 7.38. The van der Waals surface area contributed by atoms with Gasteiger partial charge in [-0.25, -0.2) is 0 Å². The van der Waals surface area contributed by atoms with Gasteiger partial charge in [-0.3, -0.25) is 4.79 Å². The number of methoxy groups -OCH3 is 1. The number of carbonyl (C=O) groups is 1. The summed E-state index contributed by atoms with van der Waals surface area (Å²) in [5.74, 6) is 1.45. The summed E-state index contributed by atoms with van der Waals surface area (Å²) in [5, 5.41) is 4.16. The molecule has 1 aliphatic carbocycles. The van der Waals surface area contributed by atoms with Crippen LogP contribution >= 0.6 is 0 Å². The van der Waals surface area contributed by atoms with Gasteiger partial charge < -0.3 is 19.2 Å². The van der Waals surface area contributed by atoms with Crippen molar-refractivity contribution in [1.82, 2.24) is 5.32 Å². The van der Waals surface area contributed by atoms with Crippen LogP contribution in [0.4, 0.5) is 0 Å². The number of hydrogen-bond acceptors (Lipinski definition) is 4. The van der Waals surface area contributed by atoms with Crippen molar-refractivity contribution in [3.63, 3.8) is 0 Å². The average molecular weight is 448 g/mol. The minimum atomic E-state index is -0.0425. The van der Waals surface area contributed by atoms with E-state index in [2.05, 4.69) is 11.4 Å². The van der Waals surface area contributed by atoms with Crippen molar-refractivity contribution < 1.29 is 18.7 Å². The third-order valence-corrected chi connectivity index (χ3v) is 6.35. The van der Waals surface area contributed by atoms with Crippen LogP contribution in [0.3, 0.4) is 0 Å². The topological polar surface area (TPSA) is 60.7 Å². The maximum Gasteiger partial charge on any atom is 0.244 e. The molecule has 2 aromatic carbocycles. The van der Waals surface area contributed by atoms with Crippen molar-refractivity contribution in [3.8, 4) is 22.6 Å². The van der Waals surface area contributed by atoms with Crippen LogP contribution in [0, 0.1) is 0 Å². The van der Waals surface area contributed by atoms with Gasteiger partial charge in [0, 0.05) is 40.3 Å². The standard InChI is InChI=1S/C28H33NO4/c1-4-32-26-17-27-23(24(18-33-27)21-13-9-10-14-25(21)31-3)16-22(26)19(2)15-28(30)29-20-11-7-5-6-8-12-20/h9-10,13-18,20H,4-8,11-12H2,1-3H3,(H,29,30)/b19-15+. The van der Waals surface area contributed by atoms with Crippen molar-refractivity contribution in [2.24, 2.45) is 0 Å². The molecular weight excluding hydrogens is 414 g/mol. The number of fused-ring (bicyclic) bond motifs is 1. The fourth-order valence-electron chi connectivity index (χ4n) is 4.65. The van der Waals surface area contributed by atoms with E-state index >= 15 is 0 Å². The Morgan fingerprint density at radius 1 is 1.09 bits per heavy atom. The van der Waals surface area contributed by atoms with Gasteiger partial charge in [0.2, 0.25) is 5.91 Å². The lowest BCUT2D eigenvalue weighted by Gasteiger charge is -2.16. The fourth-order valence-corrected chi connectivity index (χ4v) is 4.65. The molecule has 4 rings (SSSR count). The molecule has 0 bridgehead atoms. The van der Waals surface area contributed by atoms with Crippen LogP contribution in [-0.4, -0.2) is 25.7 Å². The Bertz CT molecular complexity index is 1140. The number of furan rings is 1. The van der Waals surface area contributed by atoms with Gasteiger partial charge in [0.05, 0.1) is 20.0 Å². The largest absolute Gasteiger partial charge is 0.496 e. The normalized spacial score (nSPS) is 15.3. The second-order valence-corrected chi connectivity index (χ2v) is 8.65. The lowest BCUT2D eigenvalue weighted by atomic mass is 9.98. The highest BCUT2D eigenvalue weighted by Crippen LogP contribution is 2.40. The van der Waals surface area contributed by atoms with Crippen molar-refractivity contribution in [3.05, 3.63) is 54.3 Å². The van der Waals surface area contributed by atoms with Crippen LogP contribution in [0.2, 0.25) is 0 Å². The summed E-state index contributed by atoms with van der Waals surface area (Å²) in [4.78, 5) is 12.8. The SMILES string of the molecule is CCOc1cc2occ(-c3ccccc3OC)c2cc1/C(C)=C/C(=O)NC1CCCCCC1. The molecule has 0 spiro atoms. The van der Waals surface area contributed by atoms with Gasteiger partial charge in [0.25, 0.3) is 0 Å². The molecule has 1 saturated carbocycles. The van der Waals surface area contributed by atoms with Crippen LogP contribution in [0.5, 0.6) is 11.5 Å². The zero-order valence-electron chi connectivity index (χ0n) is 19.8. The van der Waals surface area contributed by atoms with E-state index in [0.29, 0.717) is 12.4 Å². The van der Waals surface area contributed by atoms with Gasteiger partial charge in [-0.15, -0.1) is 0 Å². The number of ether oxygens (including phenoxy) is 2. The van der Waals surface area contributed by atoms with E-state index in [1.165, 1.54) is 25.7 Å². The molecule has 5 heteroatoms. The molecule has 1 aromatic heterocycles. The van der Waals surface area contributed by atoms with Gasteiger partial charge in [0.1, 0.15) is 17.1 Å². The minimum absolute atomic E-state index is 0.0425. The maximum atomic E-state index is 12.8. The molecule has 1 amide bonds. The van der Waals surface area contributed by atoms with Gasteiger partial charge in [-0.05, 0) is 44.4 Å². The van der Waals surface area contributed by atoms with Crippen molar-refractivity contribution in [1.29, 1.82) is 0 Å². The van der Waals surface area contributed by atoms with Crippen molar-refractivity contribution in [2.45, 2.75) is 58.4 Å². The number of amides is 1. The Hall–Kier alpha value is -3.21. The highest BCUT2D eigenvalue weighted by Gasteiger charge is 2.18. The molecule has 0 aliphatic heterocycles. The number of nitrogens with one attached hydrogen (secondary N) is 1. The Morgan fingerprint density at radius 3 is 2.58 bits per heavy atom. The third-order valence-electron chi connectivity index (χ3n) is 6.35. The first kappa shape index (κ1) is 23.0.